The normalized spacial score (nSPS) is 17.0. The van der Waals surface area contributed by atoms with E-state index in [0.29, 0.717) is 0 Å². The molecule has 0 spiro atoms. The van der Waals surface area contributed by atoms with E-state index in [2.05, 4.69) is 17.4 Å². The predicted octanol–water partition coefficient (Wildman–Crippen LogP) is 2.02. The molecule has 1 aliphatic heterocycles. The smallest absolute Gasteiger partial charge is 0.0736 e. The summed E-state index contributed by atoms with van der Waals surface area (Å²) in [5.74, 6) is 0. The maximum absolute atomic E-state index is 5.46. The van der Waals surface area contributed by atoms with E-state index in [1.807, 2.05) is 12.1 Å². The number of para-hydroxylation sites is 1. The molecule has 0 radical (unpaired) electrons. The number of hydrogen-bond acceptors (Lipinski definition) is 2. The van der Waals surface area contributed by atoms with Gasteiger partial charge in [0.15, 0.2) is 0 Å². The fourth-order valence-corrected chi connectivity index (χ4v) is 1.40. The summed E-state index contributed by atoms with van der Waals surface area (Å²) in [4.78, 5) is 0. The molecule has 0 aromatic heterocycles. The lowest BCUT2D eigenvalue weighted by Gasteiger charge is -2.15. The number of nitrogens with one attached hydrogen (secondary N) is 1. The Morgan fingerprint density at radius 1 is 1.25 bits per heavy atom. The summed E-state index contributed by atoms with van der Waals surface area (Å²) in [6.45, 7) is 2.61. The molecule has 0 bridgehead atoms. The van der Waals surface area contributed by atoms with Crippen molar-refractivity contribution in [2.24, 2.45) is 0 Å². The summed E-state index contributed by atoms with van der Waals surface area (Å²) in [6.07, 6.45) is 1.09. The molecule has 0 fully saturated rings. The average molecular weight is 163 g/mol. The molecule has 1 heterocycles. The van der Waals surface area contributed by atoms with Crippen LogP contribution in [-0.4, -0.2) is 13.2 Å². The summed E-state index contributed by atoms with van der Waals surface area (Å²) >= 11 is 0. The van der Waals surface area contributed by atoms with E-state index in [9.17, 15) is 0 Å². The maximum atomic E-state index is 5.46. The molecule has 0 saturated heterocycles. The summed E-state index contributed by atoms with van der Waals surface area (Å²) in [5.41, 5.74) is 2.48. The first-order valence-corrected chi connectivity index (χ1v) is 4.36. The summed E-state index contributed by atoms with van der Waals surface area (Å²) < 4.78 is 5.46. The summed E-state index contributed by atoms with van der Waals surface area (Å²) in [7, 11) is 0. The van der Waals surface area contributed by atoms with Gasteiger partial charge in [0.2, 0.25) is 0 Å². The number of rotatable bonds is 0. The van der Waals surface area contributed by atoms with Gasteiger partial charge in [-0.15, -0.1) is 0 Å². The number of hydrogen-bond donors (Lipinski definition) is 1. The number of fused-ring (bicyclic) bond motifs is 1. The number of benzene rings is 1. The Bertz CT molecular complexity index is 233. The summed E-state index contributed by atoms with van der Waals surface area (Å²) in [5, 5.41) is 3.39. The molecule has 2 rings (SSSR count). The Kier molecular flexibility index (Phi) is 2.28. The summed E-state index contributed by atoms with van der Waals surface area (Å²) in [6, 6.07) is 8.30. The molecule has 2 heteroatoms. The molecule has 1 aliphatic rings. The van der Waals surface area contributed by atoms with Crippen LogP contribution in [0.3, 0.4) is 0 Å². The van der Waals surface area contributed by atoms with Crippen LogP contribution in [0.1, 0.15) is 12.0 Å². The monoisotopic (exact) mass is 163 g/mol. The Morgan fingerprint density at radius 2 is 2.17 bits per heavy atom. The van der Waals surface area contributed by atoms with Crippen LogP contribution in [0.15, 0.2) is 24.3 Å². The van der Waals surface area contributed by atoms with Crippen LogP contribution < -0.4 is 5.32 Å². The first kappa shape index (κ1) is 7.62. The second kappa shape index (κ2) is 3.59. The van der Waals surface area contributed by atoms with Crippen molar-refractivity contribution in [1.82, 2.24) is 0 Å². The lowest BCUT2D eigenvalue weighted by atomic mass is 10.2. The zero-order valence-corrected chi connectivity index (χ0v) is 7.05. The Labute approximate surface area is 72.5 Å². The van der Waals surface area contributed by atoms with Gasteiger partial charge in [-0.25, -0.2) is 0 Å². The van der Waals surface area contributed by atoms with Gasteiger partial charge >= 0.3 is 0 Å². The third kappa shape index (κ3) is 1.59. The van der Waals surface area contributed by atoms with E-state index in [0.717, 1.165) is 26.2 Å². The van der Waals surface area contributed by atoms with Crippen molar-refractivity contribution in [1.29, 1.82) is 0 Å². The van der Waals surface area contributed by atoms with E-state index < -0.39 is 0 Å². The molecule has 0 amide bonds. The Balaban J connectivity index is 2.24. The molecule has 1 aromatic rings. The van der Waals surface area contributed by atoms with Gasteiger partial charge in [0.05, 0.1) is 6.61 Å². The van der Waals surface area contributed by atoms with E-state index >= 15 is 0 Å². The van der Waals surface area contributed by atoms with Crippen LogP contribution >= 0.6 is 0 Å². The minimum absolute atomic E-state index is 0.739. The number of anilines is 1. The maximum Gasteiger partial charge on any atom is 0.0736 e. The van der Waals surface area contributed by atoms with Gasteiger partial charge in [-0.3, -0.25) is 0 Å². The highest BCUT2D eigenvalue weighted by Crippen LogP contribution is 2.17. The molecular weight excluding hydrogens is 150 g/mol. The van der Waals surface area contributed by atoms with Crippen LogP contribution in [0.5, 0.6) is 0 Å². The van der Waals surface area contributed by atoms with E-state index in [1.54, 1.807) is 0 Å². The molecule has 0 unspecified atom stereocenters. The van der Waals surface area contributed by atoms with Gasteiger partial charge in [-0.1, -0.05) is 18.2 Å². The van der Waals surface area contributed by atoms with Gasteiger partial charge in [0.25, 0.3) is 0 Å². The van der Waals surface area contributed by atoms with E-state index in [4.69, 9.17) is 4.74 Å². The van der Waals surface area contributed by atoms with Gasteiger partial charge in [0.1, 0.15) is 0 Å². The topological polar surface area (TPSA) is 21.3 Å². The third-order valence-corrected chi connectivity index (χ3v) is 2.06. The third-order valence-electron chi connectivity index (χ3n) is 2.06. The van der Waals surface area contributed by atoms with Crippen LogP contribution in [0, 0.1) is 0 Å². The molecule has 2 nitrogen and oxygen atoms in total. The fraction of sp³-hybridized carbons (Fsp3) is 0.400. The zero-order valence-electron chi connectivity index (χ0n) is 7.05. The first-order valence-electron chi connectivity index (χ1n) is 4.36. The van der Waals surface area contributed by atoms with Gasteiger partial charge in [-0.2, -0.15) is 0 Å². The molecule has 1 N–H and O–H groups in total. The minimum atomic E-state index is 0.739. The molecule has 0 aliphatic carbocycles. The van der Waals surface area contributed by atoms with E-state index in [-0.39, 0.29) is 0 Å². The van der Waals surface area contributed by atoms with Gasteiger partial charge in [-0.05, 0) is 12.5 Å². The fourth-order valence-electron chi connectivity index (χ4n) is 1.40. The van der Waals surface area contributed by atoms with Crippen LogP contribution in [0.25, 0.3) is 0 Å². The standard InChI is InChI=1S/C10H13NO/c1-2-5-10-9(4-1)8-12-7-3-6-11-10/h1-2,4-5,11H,3,6-8H2. The predicted molar refractivity (Wildman–Crippen MR) is 49.2 cm³/mol. The van der Waals surface area contributed by atoms with Crippen molar-refractivity contribution in [2.45, 2.75) is 13.0 Å². The molecule has 12 heavy (non-hydrogen) atoms. The van der Waals surface area contributed by atoms with Crippen LogP contribution in [0.2, 0.25) is 0 Å². The van der Waals surface area contributed by atoms with Crippen molar-refractivity contribution in [3.05, 3.63) is 29.8 Å². The molecule has 0 saturated carbocycles. The van der Waals surface area contributed by atoms with Crippen molar-refractivity contribution in [3.63, 3.8) is 0 Å². The highest BCUT2D eigenvalue weighted by molar-refractivity contribution is 5.50. The highest BCUT2D eigenvalue weighted by Gasteiger charge is 2.03. The molecular formula is C10H13NO. The van der Waals surface area contributed by atoms with Crippen molar-refractivity contribution in [3.8, 4) is 0 Å². The second-order valence-electron chi connectivity index (χ2n) is 2.99. The van der Waals surface area contributed by atoms with Gasteiger partial charge in [0, 0.05) is 24.4 Å². The largest absolute Gasteiger partial charge is 0.385 e. The van der Waals surface area contributed by atoms with Crippen molar-refractivity contribution >= 4 is 5.69 Å². The Morgan fingerprint density at radius 3 is 3.17 bits per heavy atom. The quantitative estimate of drug-likeness (QED) is 0.631. The zero-order chi connectivity index (χ0) is 8.23. The van der Waals surface area contributed by atoms with E-state index in [1.165, 1.54) is 11.3 Å². The van der Waals surface area contributed by atoms with Gasteiger partial charge < -0.3 is 10.1 Å². The van der Waals surface area contributed by atoms with Crippen LogP contribution in [0.4, 0.5) is 5.69 Å². The molecule has 1 aromatic carbocycles. The molecule has 64 valence electrons. The first-order chi connectivity index (χ1) is 5.97. The average Bonchev–Trinajstić information content (AvgIpc) is 2.06. The lowest BCUT2D eigenvalue weighted by Crippen LogP contribution is -2.11. The molecule has 0 atom stereocenters. The lowest BCUT2D eigenvalue weighted by molar-refractivity contribution is 0.119. The number of ether oxygens (including phenoxy) is 1. The van der Waals surface area contributed by atoms with Crippen molar-refractivity contribution < 1.29 is 4.74 Å². The van der Waals surface area contributed by atoms with Crippen molar-refractivity contribution in [2.75, 3.05) is 18.5 Å². The SMILES string of the molecule is c1ccc2c(c1)COCCCN2. The highest BCUT2D eigenvalue weighted by atomic mass is 16.5. The Hall–Kier alpha value is -1.02. The minimum Gasteiger partial charge on any atom is -0.385 e. The van der Waals surface area contributed by atoms with Crippen LogP contribution in [-0.2, 0) is 11.3 Å². The second-order valence-corrected chi connectivity index (χ2v) is 2.99.